The van der Waals surface area contributed by atoms with Gasteiger partial charge in [0.1, 0.15) is 17.3 Å². The molecule has 0 fully saturated rings. The number of methoxy groups -OCH3 is 2. The van der Waals surface area contributed by atoms with Crippen LogP contribution in [0.5, 0.6) is 23.4 Å². The van der Waals surface area contributed by atoms with Gasteiger partial charge in [0.25, 0.3) is 0 Å². The van der Waals surface area contributed by atoms with Crippen LogP contribution in [0.1, 0.15) is 11.4 Å². The van der Waals surface area contributed by atoms with Crippen molar-refractivity contribution in [1.82, 2.24) is 24.9 Å². The van der Waals surface area contributed by atoms with E-state index in [-0.39, 0.29) is 0 Å². The SMILES string of the molecule is COc1ccc(-c2nccnc2Oc2ccc([C]c3nc4ccccc4[nH]3)cc2)c(OC)n1. The standard InChI is InChI=1S/C25H19N5O3/c1-31-22-12-11-18(24(30-22)32-2)23-25(27-14-13-26-23)33-17-9-7-16(8-10-17)15-21-28-19-5-3-4-6-20(19)29-21/h3-14H,1-2H3,(H,28,29). The number of nitrogens with one attached hydrogen (secondary N) is 1. The number of benzene rings is 2. The summed E-state index contributed by atoms with van der Waals surface area (Å²) in [7, 11) is 3.08. The van der Waals surface area contributed by atoms with Gasteiger partial charge in [-0.15, -0.1) is 0 Å². The number of para-hydroxylation sites is 2. The van der Waals surface area contributed by atoms with Crippen molar-refractivity contribution in [2.24, 2.45) is 0 Å². The highest BCUT2D eigenvalue weighted by Gasteiger charge is 2.17. The van der Waals surface area contributed by atoms with Crippen molar-refractivity contribution < 1.29 is 14.2 Å². The summed E-state index contributed by atoms with van der Waals surface area (Å²) < 4.78 is 16.6. The molecule has 2 aromatic carbocycles. The lowest BCUT2D eigenvalue weighted by Crippen LogP contribution is -1.99. The van der Waals surface area contributed by atoms with Crippen molar-refractivity contribution in [3.05, 3.63) is 90.9 Å². The molecule has 0 saturated heterocycles. The molecule has 0 saturated carbocycles. The quantitative estimate of drug-likeness (QED) is 0.394. The van der Waals surface area contributed by atoms with Gasteiger partial charge in [0, 0.05) is 18.5 Å². The van der Waals surface area contributed by atoms with Gasteiger partial charge in [-0.3, -0.25) is 0 Å². The van der Waals surface area contributed by atoms with Crippen LogP contribution in [0.2, 0.25) is 0 Å². The first-order chi connectivity index (χ1) is 16.2. The van der Waals surface area contributed by atoms with Crippen LogP contribution in [0.3, 0.4) is 0 Å². The van der Waals surface area contributed by atoms with E-state index in [9.17, 15) is 0 Å². The Morgan fingerprint density at radius 2 is 1.61 bits per heavy atom. The Hall–Kier alpha value is -4.46. The highest BCUT2D eigenvalue weighted by molar-refractivity contribution is 5.75. The van der Waals surface area contributed by atoms with E-state index in [1.807, 2.05) is 54.6 Å². The third-order valence-corrected chi connectivity index (χ3v) is 4.88. The number of hydrogen-bond donors (Lipinski definition) is 1. The fraction of sp³-hybridized carbons (Fsp3) is 0.0800. The molecular formula is C25H19N5O3. The van der Waals surface area contributed by atoms with Gasteiger partial charge in [-0.1, -0.05) is 24.3 Å². The Labute approximate surface area is 190 Å². The van der Waals surface area contributed by atoms with Crippen molar-refractivity contribution in [2.75, 3.05) is 14.2 Å². The number of rotatable bonds is 7. The van der Waals surface area contributed by atoms with Crippen molar-refractivity contribution in [3.8, 4) is 34.6 Å². The molecular weight excluding hydrogens is 418 g/mol. The third kappa shape index (κ3) is 4.31. The number of imidazole rings is 1. The minimum Gasteiger partial charge on any atom is -0.481 e. The average molecular weight is 437 g/mol. The lowest BCUT2D eigenvalue weighted by atomic mass is 10.1. The van der Waals surface area contributed by atoms with E-state index in [0.29, 0.717) is 40.5 Å². The molecule has 0 unspecified atom stereocenters. The fourth-order valence-electron chi connectivity index (χ4n) is 3.32. The Balaban J connectivity index is 1.37. The maximum atomic E-state index is 6.03. The lowest BCUT2D eigenvalue weighted by molar-refractivity contribution is 0.365. The first kappa shape index (κ1) is 20.4. The topological polar surface area (TPSA) is 95.0 Å². The second kappa shape index (κ2) is 8.96. The Morgan fingerprint density at radius 1 is 0.788 bits per heavy atom. The van der Waals surface area contributed by atoms with E-state index in [4.69, 9.17) is 14.2 Å². The maximum Gasteiger partial charge on any atom is 0.246 e. The summed E-state index contributed by atoms with van der Waals surface area (Å²) in [5.74, 6) is 2.41. The molecule has 5 rings (SSSR count). The van der Waals surface area contributed by atoms with Gasteiger partial charge in [0.05, 0.1) is 37.2 Å². The molecule has 8 heteroatoms. The third-order valence-electron chi connectivity index (χ3n) is 4.88. The molecule has 0 spiro atoms. The lowest BCUT2D eigenvalue weighted by Gasteiger charge is -2.12. The van der Waals surface area contributed by atoms with E-state index >= 15 is 0 Å². The summed E-state index contributed by atoms with van der Waals surface area (Å²) in [4.78, 5) is 20.9. The van der Waals surface area contributed by atoms with Crippen LogP contribution in [-0.4, -0.2) is 39.1 Å². The van der Waals surface area contributed by atoms with Crippen molar-refractivity contribution in [1.29, 1.82) is 0 Å². The Morgan fingerprint density at radius 3 is 2.39 bits per heavy atom. The molecule has 1 N–H and O–H groups in total. The summed E-state index contributed by atoms with van der Waals surface area (Å²) in [6.45, 7) is 0. The zero-order chi connectivity index (χ0) is 22.6. The van der Waals surface area contributed by atoms with Crippen LogP contribution in [0.15, 0.2) is 73.1 Å². The molecule has 0 aliphatic rings. The first-order valence-electron chi connectivity index (χ1n) is 10.1. The zero-order valence-corrected chi connectivity index (χ0v) is 17.9. The van der Waals surface area contributed by atoms with Crippen LogP contribution in [0.4, 0.5) is 0 Å². The largest absolute Gasteiger partial charge is 0.481 e. The van der Waals surface area contributed by atoms with Gasteiger partial charge in [-0.2, -0.15) is 4.98 Å². The minimum absolute atomic E-state index is 0.334. The molecule has 2 radical (unpaired) electrons. The monoisotopic (exact) mass is 437 g/mol. The second-order valence-corrected chi connectivity index (χ2v) is 6.97. The molecule has 8 nitrogen and oxygen atoms in total. The minimum atomic E-state index is 0.334. The van der Waals surface area contributed by atoms with Crippen LogP contribution in [0.25, 0.3) is 22.3 Å². The molecule has 0 bridgehead atoms. The smallest absolute Gasteiger partial charge is 0.246 e. The van der Waals surface area contributed by atoms with Gasteiger partial charge in [-0.05, 0) is 35.9 Å². The number of nitrogens with zero attached hydrogens (tertiary/aromatic N) is 4. The summed E-state index contributed by atoms with van der Waals surface area (Å²) >= 11 is 0. The molecule has 33 heavy (non-hydrogen) atoms. The summed E-state index contributed by atoms with van der Waals surface area (Å²) in [6, 6.07) is 18.9. The molecule has 0 amide bonds. The Bertz CT molecular complexity index is 1370. The molecule has 3 aromatic heterocycles. The van der Waals surface area contributed by atoms with Crippen LogP contribution in [-0.2, 0) is 0 Å². The zero-order valence-electron chi connectivity index (χ0n) is 17.9. The average Bonchev–Trinajstić information content (AvgIpc) is 3.27. The normalized spacial score (nSPS) is 10.8. The molecule has 0 aliphatic carbocycles. The summed E-state index contributed by atoms with van der Waals surface area (Å²) in [5.41, 5.74) is 3.89. The maximum absolute atomic E-state index is 6.03. The van der Waals surface area contributed by atoms with Gasteiger partial charge < -0.3 is 19.2 Å². The van der Waals surface area contributed by atoms with E-state index in [1.54, 1.807) is 25.6 Å². The van der Waals surface area contributed by atoms with Gasteiger partial charge in [-0.25, -0.2) is 15.0 Å². The highest BCUT2D eigenvalue weighted by atomic mass is 16.5. The number of H-pyrrole nitrogens is 1. The van der Waals surface area contributed by atoms with Crippen LogP contribution < -0.4 is 14.2 Å². The number of ether oxygens (including phenoxy) is 3. The molecule has 0 atom stereocenters. The van der Waals surface area contributed by atoms with Gasteiger partial charge in [0.15, 0.2) is 0 Å². The number of aromatic nitrogens is 5. The van der Waals surface area contributed by atoms with E-state index in [1.165, 1.54) is 7.11 Å². The van der Waals surface area contributed by atoms with Crippen LogP contribution >= 0.6 is 0 Å². The van der Waals surface area contributed by atoms with E-state index in [0.717, 1.165) is 16.6 Å². The molecule has 3 heterocycles. The molecule has 5 aromatic rings. The van der Waals surface area contributed by atoms with E-state index in [2.05, 4.69) is 31.3 Å². The number of pyridine rings is 1. The van der Waals surface area contributed by atoms with Gasteiger partial charge in [0.2, 0.25) is 17.6 Å². The van der Waals surface area contributed by atoms with Crippen molar-refractivity contribution >= 4 is 11.0 Å². The van der Waals surface area contributed by atoms with Crippen molar-refractivity contribution in [2.45, 2.75) is 0 Å². The molecule has 0 aliphatic heterocycles. The second-order valence-electron chi connectivity index (χ2n) is 6.97. The highest BCUT2D eigenvalue weighted by Crippen LogP contribution is 2.35. The number of fused-ring (bicyclic) bond motifs is 1. The predicted octanol–water partition coefficient (Wildman–Crippen LogP) is 4.70. The molecule has 162 valence electrons. The van der Waals surface area contributed by atoms with Crippen LogP contribution in [0, 0.1) is 6.42 Å². The fourth-order valence-corrected chi connectivity index (χ4v) is 3.32. The van der Waals surface area contributed by atoms with E-state index < -0.39 is 0 Å². The summed E-state index contributed by atoms with van der Waals surface area (Å²) in [5, 5.41) is 0. The summed E-state index contributed by atoms with van der Waals surface area (Å²) in [6.07, 6.45) is 6.42. The van der Waals surface area contributed by atoms with Crippen molar-refractivity contribution in [3.63, 3.8) is 0 Å². The first-order valence-corrected chi connectivity index (χ1v) is 10.1. The number of hydrogen-bond acceptors (Lipinski definition) is 7. The predicted molar refractivity (Wildman–Crippen MR) is 122 cm³/mol. The van der Waals surface area contributed by atoms with Gasteiger partial charge >= 0.3 is 0 Å². The Kier molecular flexibility index (Phi) is 5.55. The number of aromatic amines is 1.